The summed E-state index contributed by atoms with van der Waals surface area (Å²) in [4.78, 5) is 17.0. The third-order valence-electron chi connectivity index (χ3n) is 4.76. The number of carbonyl (C=O) groups excluding carboxylic acids is 1. The van der Waals surface area contributed by atoms with E-state index in [9.17, 15) is 4.79 Å². The van der Waals surface area contributed by atoms with Gasteiger partial charge in [0.15, 0.2) is 0 Å². The maximum Gasteiger partial charge on any atom is 0.221 e. The van der Waals surface area contributed by atoms with E-state index in [2.05, 4.69) is 15.9 Å². The third kappa shape index (κ3) is 2.79. The smallest absolute Gasteiger partial charge is 0.221 e. The van der Waals surface area contributed by atoms with Gasteiger partial charge in [-0.1, -0.05) is 29.3 Å². The van der Waals surface area contributed by atoms with Gasteiger partial charge in [-0.05, 0) is 48.7 Å². The predicted molar refractivity (Wildman–Crippen MR) is 99.4 cm³/mol. The Balaban J connectivity index is 1.97. The minimum Gasteiger partial charge on any atom is -0.350 e. The fourth-order valence-electron chi connectivity index (χ4n) is 3.40. The normalized spacial score (nSPS) is 17.3. The molecule has 1 aliphatic heterocycles. The third-order valence-corrected chi connectivity index (χ3v) is 5.54. The van der Waals surface area contributed by atoms with Crippen LogP contribution in [-0.4, -0.2) is 15.3 Å². The number of hydrogen-bond acceptors (Lipinski definition) is 2. The quantitative estimate of drug-likeness (QED) is 0.686. The Morgan fingerprint density at radius 2 is 1.92 bits per heavy atom. The van der Waals surface area contributed by atoms with Gasteiger partial charge >= 0.3 is 0 Å². The number of benzene rings is 1. The topological polar surface area (TPSA) is 46.4 Å². The molecule has 0 unspecified atom stereocenters. The minimum atomic E-state index is -0.148. The predicted octanol–water partition coefficient (Wildman–Crippen LogP) is 4.41. The number of halogens is 2. The highest BCUT2D eigenvalue weighted by Gasteiger charge is 2.29. The Morgan fingerprint density at radius 1 is 1.20 bits per heavy atom. The average molecular weight is 374 g/mol. The lowest BCUT2D eigenvalue weighted by atomic mass is 9.91. The molecule has 1 amide bonds. The Labute approximate surface area is 155 Å². The first-order chi connectivity index (χ1) is 11.9. The summed E-state index contributed by atoms with van der Waals surface area (Å²) in [6.07, 6.45) is 2.39. The molecular formula is C19H17Cl2N3O. The maximum atomic E-state index is 12.3. The van der Waals surface area contributed by atoms with Crippen LogP contribution in [0.4, 0.5) is 0 Å². The number of amides is 1. The van der Waals surface area contributed by atoms with Crippen molar-refractivity contribution in [1.29, 1.82) is 0 Å². The Hall–Kier alpha value is -2.04. The second kappa shape index (κ2) is 6.04. The van der Waals surface area contributed by atoms with Crippen molar-refractivity contribution in [3.05, 3.63) is 68.6 Å². The monoisotopic (exact) mass is 373 g/mol. The van der Waals surface area contributed by atoms with Crippen LogP contribution in [0.3, 0.4) is 0 Å². The van der Waals surface area contributed by atoms with Crippen molar-refractivity contribution in [3.8, 4) is 0 Å². The van der Waals surface area contributed by atoms with Gasteiger partial charge in [0.25, 0.3) is 0 Å². The molecule has 0 saturated carbocycles. The van der Waals surface area contributed by atoms with E-state index in [1.54, 1.807) is 0 Å². The summed E-state index contributed by atoms with van der Waals surface area (Å²) in [6, 6.07) is 7.85. The molecular weight excluding hydrogens is 357 g/mol. The number of hydrogen-bond donors (Lipinski definition) is 1. The van der Waals surface area contributed by atoms with Gasteiger partial charge in [-0.3, -0.25) is 4.79 Å². The second-order valence-corrected chi connectivity index (χ2v) is 7.34. The number of rotatable bonds is 1. The van der Waals surface area contributed by atoms with Crippen LogP contribution in [0.1, 0.15) is 40.4 Å². The highest BCUT2D eigenvalue weighted by molar-refractivity contribution is 6.36. The van der Waals surface area contributed by atoms with Crippen LogP contribution < -0.4 is 5.32 Å². The molecule has 128 valence electrons. The standard InChI is InChI=1S/C19H17Cl2N3O/c1-10-3-4-17-23-16-8-22-18(25)7-13(19(16)24(17)9-10)12-5-14(20)11(2)15(21)6-12/h3-6,9,13H,7-8H2,1-2H3,(H,22,25)/t13-/m1/s1. The van der Waals surface area contributed by atoms with Crippen molar-refractivity contribution in [2.45, 2.75) is 32.7 Å². The number of carbonyl (C=O) groups is 1. The van der Waals surface area contributed by atoms with Crippen LogP contribution in [0.5, 0.6) is 0 Å². The van der Waals surface area contributed by atoms with E-state index in [1.165, 1.54) is 0 Å². The zero-order valence-electron chi connectivity index (χ0n) is 13.9. The van der Waals surface area contributed by atoms with Crippen molar-refractivity contribution in [1.82, 2.24) is 14.7 Å². The summed E-state index contributed by atoms with van der Waals surface area (Å²) >= 11 is 12.7. The second-order valence-electron chi connectivity index (χ2n) is 6.52. The van der Waals surface area contributed by atoms with Gasteiger partial charge in [-0.15, -0.1) is 0 Å². The molecule has 3 heterocycles. The first-order valence-electron chi connectivity index (χ1n) is 8.14. The van der Waals surface area contributed by atoms with Gasteiger partial charge in [0.2, 0.25) is 5.91 Å². The molecule has 1 aromatic carbocycles. The molecule has 1 N–H and O–H groups in total. The summed E-state index contributed by atoms with van der Waals surface area (Å²) in [5, 5.41) is 4.16. The molecule has 1 atom stereocenters. The van der Waals surface area contributed by atoms with Crippen LogP contribution in [-0.2, 0) is 11.3 Å². The summed E-state index contributed by atoms with van der Waals surface area (Å²) < 4.78 is 2.08. The molecule has 0 spiro atoms. The van der Waals surface area contributed by atoms with Gasteiger partial charge < -0.3 is 9.72 Å². The Bertz CT molecular complexity index is 986. The molecule has 0 bridgehead atoms. The van der Waals surface area contributed by atoms with Crippen LogP contribution in [0, 0.1) is 13.8 Å². The number of aromatic nitrogens is 2. The zero-order valence-corrected chi connectivity index (χ0v) is 15.4. The summed E-state index contributed by atoms with van der Waals surface area (Å²) in [5.74, 6) is -0.151. The van der Waals surface area contributed by atoms with Crippen LogP contribution in [0.2, 0.25) is 10.0 Å². The van der Waals surface area contributed by atoms with E-state index >= 15 is 0 Å². The van der Waals surface area contributed by atoms with E-state index < -0.39 is 0 Å². The molecule has 0 saturated heterocycles. The lowest BCUT2D eigenvalue weighted by molar-refractivity contribution is -0.121. The first kappa shape index (κ1) is 16.4. The SMILES string of the molecule is Cc1ccc2nc3c(n2c1)[C@@H](c1cc(Cl)c(C)c(Cl)c1)CC(=O)NC3. The Kier molecular flexibility index (Phi) is 3.97. The molecule has 25 heavy (non-hydrogen) atoms. The van der Waals surface area contributed by atoms with Gasteiger partial charge in [0.05, 0.1) is 17.9 Å². The van der Waals surface area contributed by atoms with Crippen molar-refractivity contribution in [3.63, 3.8) is 0 Å². The fraction of sp³-hybridized carbons (Fsp3) is 0.263. The average Bonchev–Trinajstić information content (AvgIpc) is 2.83. The molecule has 4 nitrogen and oxygen atoms in total. The van der Waals surface area contributed by atoms with Crippen LogP contribution >= 0.6 is 23.2 Å². The van der Waals surface area contributed by atoms with Crippen molar-refractivity contribution >= 4 is 34.8 Å². The lowest BCUT2D eigenvalue weighted by Crippen LogP contribution is -2.21. The minimum absolute atomic E-state index is 0.00257. The largest absolute Gasteiger partial charge is 0.350 e. The van der Waals surface area contributed by atoms with E-state index in [0.29, 0.717) is 23.0 Å². The fourth-order valence-corrected chi connectivity index (χ4v) is 3.90. The highest BCUT2D eigenvalue weighted by atomic mass is 35.5. The molecule has 4 rings (SSSR count). The number of nitrogens with one attached hydrogen (secondary N) is 1. The zero-order chi connectivity index (χ0) is 17.7. The number of fused-ring (bicyclic) bond motifs is 3. The molecule has 2 aromatic heterocycles. The van der Waals surface area contributed by atoms with Crippen molar-refractivity contribution < 1.29 is 4.79 Å². The van der Waals surface area contributed by atoms with E-state index in [0.717, 1.165) is 33.7 Å². The van der Waals surface area contributed by atoms with E-state index in [4.69, 9.17) is 28.2 Å². The number of aryl methyl sites for hydroxylation is 1. The molecule has 0 radical (unpaired) electrons. The molecule has 3 aromatic rings. The summed E-state index contributed by atoms with van der Waals surface area (Å²) in [5.41, 5.74) is 5.69. The van der Waals surface area contributed by atoms with Gasteiger partial charge in [0.1, 0.15) is 5.65 Å². The number of nitrogens with zero attached hydrogens (tertiary/aromatic N) is 2. The number of pyridine rings is 1. The molecule has 0 fully saturated rings. The van der Waals surface area contributed by atoms with Crippen molar-refractivity contribution in [2.75, 3.05) is 0 Å². The maximum absolute atomic E-state index is 12.3. The van der Waals surface area contributed by atoms with Crippen molar-refractivity contribution in [2.24, 2.45) is 0 Å². The van der Waals surface area contributed by atoms with Crippen LogP contribution in [0.25, 0.3) is 5.65 Å². The number of imidazole rings is 1. The first-order valence-corrected chi connectivity index (χ1v) is 8.89. The summed E-state index contributed by atoms with van der Waals surface area (Å²) in [6.45, 7) is 4.36. The summed E-state index contributed by atoms with van der Waals surface area (Å²) in [7, 11) is 0. The van der Waals surface area contributed by atoms with Gasteiger partial charge in [-0.2, -0.15) is 0 Å². The van der Waals surface area contributed by atoms with E-state index in [1.807, 2.05) is 38.1 Å². The van der Waals surface area contributed by atoms with Gasteiger partial charge in [0, 0.05) is 28.6 Å². The van der Waals surface area contributed by atoms with E-state index in [-0.39, 0.29) is 11.8 Å². The highest BCUT2D eigenvalue weighted by Crippen LogP contribution is 2.37. The van der Waals surface area contributed by atoms with Crippen LogP contribution in [0.15, 0.2) is 30.5 Å². The molecule has 6 heteroatoms. The molecule has 1 aliphatic rings. The Morgan fingerprint density at radius 3 is 2.64 bits per heavy atom. The lowest BCUT2D eigenvalue weighted by Gasteiger charge is -2.17. The molecule has 0 aliphatic carbocycles. The van der Waals surface area contributed by atoms with Gasteiger partial charge in [-0.25, -0.2) is 4.98 Å².